The zero-order valence-corrected chi connectivity index (χ0v) is 5.99. The van der Waals surface area contributed by atoms with Gasteiger partial charge in [0, 0.05) is 0 Å². The van der Waals surface area contributed by atoms with E-state index in [9.17, 15) is 0 Å². The van der Waals surface area contributed by atoms with E-state index in [2.05, 4.69) is 26.8 Å². The van der Waals surface area contributed by atoms with Crippen LogP contribution in [0.5, 0.6) is 0 Å². The van der Waals surface area contributed by atoms with E-state index in [1.807, 2.05) is 0 Å². The summed E-state index contributed by atoms with van der Waals surface area (Å²) in [6.45, 7) is 6.87. The van der Waals surface area contributed by atoms with Gasteiger partial charge in [-0.1, -0.05) is 32.4 Å². The monoisotopic (exact) mass is 110 g/mol. The first-order valence-corrected chi connectivity index (χ1v) is 3.36. The fourth-order valence-corrected chi connectivity index (χ4v) is 0.831. The largest absolute Gasteiger partial charge is 0.0804 e. The third kappa shape index (κ3) is 0.936. The van der Waals surface area contributed by atoms with Crippen LogP contribution < -0.4 is 0 Å². The van der Waals surface area contributed by atoms with Gasteiger partial charge >= 0.3 is 0 Å². The lowest BCUT2D eigenvalue weighted by molar-refractivity contribution is 0.442. The molecule has 0 aliphatic heterocycles. The summed E-state index contributed by atoms with van der Waals surface area (Å²) in [4.78, 5) is 0. The van der Waals surface area contributed by atoms with Crippen molar-refractivity contribution in [1.82, 2.24) is 0 Å². The molecule has 0 atom stereocenters. The summed E-state index contributed by atoms with van der Waals surface area (Å²) >= 11 is 0. The highest BCUT2D eigenvalue weighted by Gasteiger charge is 2.25. The lowest BCUT2D eigenvalue weighted by Crippen LogP contribution is -2.06. The molecular weight excluding hydrogens is 96.1 g/mol. The van der Waals surface area contributed by atoms with E-state index in [4.69, 9.17) is 0 Å². The molecule has 0 spiro atoms. The summed E-state index contributed by atoms with van der Waals surface area (Å²) in [5, 5.41) is 0. The molecule has 0 aromatic carbocycles. The molecule has 1 aliphatic carbocycles. The first-order valence-electron chi connectivity index (χ1n) is 3.36. The van der Waals surface area contributed by atoms with Gasteiger partial charge in [-0.3, -0.25) is 0 Å². The maximum atomic E-state index is 2.32. The minimum Gasteiger partial charge on any atom is -0.0804 e. The molecule has 0 N–H and O–H groups in total. The number of hydrogen-bond acceptors (Lipinski definition) is 0. The molecule has 0 nitrogen and oxygen atoms in total. The van der Waals surface area contributed by atoms with Crippen molar-refractivity contribution in [3.63, 3.8) is 0 Å². The number of rotatable bonds is 2. The maximum absolute atomic E-state index is 2.32. The molecule has 0 bridgehead atoms. The Hall–Kier alpha value is -0.260. The van der Waals surface area contributed by atoms with Crippen molar-refractivity contribution < 1.29 is 0 Å². The Morgan fingerprint density at radius 2 is 2.12 bits per heavy atom. The van der Waals surface area contributed by atoms with Crippen LogP contribution >= 0.6 is 0 Å². The van der Waals surface area contributed by atoms with Gasteiger partial charge in [0.2, 0.25) is 0 Å². The fraction of sp³-hybridized carbons (Fsp3) is 0.750. The second-order valence-corrected chi connectivity index (χ2v) is 3.17. The van der Waals surface area contributed by atoms with Crippen LogP contribution in [0.1, 0.15) is 33.6 Å². The summed E-state index contributed by atoms with van der Waals surface area (Å²) in [7, 11) is 0. The van der Waals surface area contributed by atoms with Crippen molar-refractivity contribution in [1.29, 1.82) is 0 Å². The van der Waals surface area contributed by atoms with Gasteiger partial charge < -0.3 is 0 Å². The van der Waals surface area contributed by atoms with Crippen molar-refractivity contribution in [2.24, 2.45) is 5.41 Å². The van der Waals surface area contributed by atoms with E-state index in [1.54, 1.807) is 5.57 Å². The predicted octanol–water partition coefficient (Wildman–Crippen LogP) is 2.75. The second-order valence-electron chi connectivity index (χ2n) is 3.17. The van der Waals surface area contributed by atoms with E-state index < -0.39 is 0 Å². The van der Waals surface area contributed by atoms with Crippen LogP contribution in [-0.4, -0.2) is 0 Å². The maximum Gasteiger partial charge on any atom is -0.0130 e. The molecule has 8 heavy (non-hydrogen) atoms. The second kappa shape index (κ2) is 1.61. The highest BCUT2D eigenvalue weighted by Crippen LogP contribution is 2.40. The molecule has 0 amide bonds. The van der Waals surface area contributed by atoms with Gasteiger partial charge in [-0.2, -0.15) is 0 Å². The zero-order chi connectivity index (χ0) is 6.20. The molecule has 0 saturated carbocycles. The summed E-state index contributed by atoms with van der Waals surface area (Å²) in [6.07, 6.45) is 4.88. The minimum atomic E-state index is 0.514. The third-order valence-corrected chi connectivity index (χ3v) is 2.16. The SMILES string of the molecule is CCC(C)(C)C1=CC1. The molecule has 0 radical (unpaired) electrons. The zero-order valence-electron chi connectivity index (χ0n) is 5.99. The number of allylic oxidation sites excluding steroid dienone is 2. The molecule has 0 fully saturated rings. The topological polar surface area (TPSA) is 0 Å². The minimum absolute atomic E-state index is 0.514. The molecule has 0 aromatic heterocycles. The molecule has 0 unspecified atom stereocenters. The van der Waals surface area contributed by atoms with Gasteiger partial charge in [-0.25, -0.2) is 0 Å². The summed E-state index contributed by atoms with van der Waals surface area (Å²) < 4.78 is 0. The average Bonchev–Trinajstić information content (AvgIpc) is 2.44. The van der Waals surface area contributed by atoms with E-state index in [-0.39, 0.29) is 0 Å². The smallest absolute Gasteiger partial charge is 0.0130 e. The van der Waals surface area contributed by atoms with Gasteiger partial charge in [-0.15, -0.1) is 0 Å². The van der Waals surface area contributed by atoms with Crippen LogP contribution in [0.4, 0.5) is 0 Å². The Balaban J connectivity index is 2.50. The van der Waals surface area contributed by atoms with Gasteiger partial charge in [0.25, 0.3) is 0 Å². The van der Waals surface area contributed by atoms with E-state index in [0.29, 0.717) is 5.41 Å². The Morgan fingerprint density at radius 1 is 1.62 bits per heavy atom. The van der Waals surface area contributed by atoms with Gasteiger partial charge in [0.1, 0.15) is 0 Å². The number of hydrogen-bond donors (Lipinski definition) is 0. The standard InChI is InChI=1S/C8H14/c1-4-8(2,3)7-5-6-7/h5H,4,6H2,1-3H3. The lowest BCUT2D eigenvalue weighted by Gasteiger charge is -2.18. The van der Waals surface area contributed by atoms with Crippen molar-refractivity contribution in [3.05, 3.63) is 11.6 Å². The van der Waals surface area contributed by atoms with E-state index in [0.717, 1.165) is 0 Å². The van der Waals surface area contributed by atoms with Gasteiger partial charge in [0.15, 0.2) is 0 Å². The van der Waals surface area contributed by atoms with Crippen LogP contribution in [-0.2, 0) is 0 Å². The summed E-state index contributed by atoms with van der Waals surface area (Å²) in [5.41, 5.74) is 2.17. The Morgan fingerprint density at radius 3 is 2.25 bits per heavy atom. The molecule has 0 saturated heterocycles. The fourth-order valence-electron chi connectivity index (χ4n) is 0.831. The molecular formula is C8H14. The van der Waals surface area contributed by atoms with Crippen LogP contribution in [0.15, 0.2) is 11.6 Å². The Kier molecular flexibility index (Phi) is 1.18. The molecule has 0 heterocycles. The van der Waals surface area contributed by atoms with Crippen molar-refractivity contribution in [2.45, 2.75) is 33.6 Å². The van der Waals surface area contributed by atoms with Crippen molar-refractivity contribution in [2.75, 3.05) is 0 Å². The summed E-state index contributed by atoms with van der Waals surface area (Å²) in [5.74, 6) is 0. The Labute approximate surface area is 51.6 Å². The first-order chi connectivity index (χ1) is 3.67. The van der Waals surface area contributed by atoms with Gasteiger partial charge in [-0.05, 0) is 18.3 Å². The average molecular weight is 110 g/mol. The van der Waals surface area contributed by atoms with Crippen molar-refractivity contribution >= 4 is 0 Å². The van der Waals surface area contributed by atoms with Crippen LogP contribution in [0.2, 0.25) is 0 Å². The van der Waals surface area contributed by atoms with Crippen LogP contribution in [0.3, 0.4) is 0 Å². The first kappa shape index (κ1) is 5.87. The Bertz CT molecular complexity index is 118. The predicted molar refractivity (Wildman–Crippen MR) is 36.8 cm³/mol. The lowest BCUT2D eigenvalue weighted by atomic mass is 9.87. The van der Waals surface area contributed by atoms with Crippen LogP contribution in [0, 0.1) is 5.41 Å². The molecule has 0 heteroatoms. The van der Waals surface area contributed by atoms with Crippen molar-refractivity contribution in [3.8, 4) is 0 Å². The molecule has 1 aliphatic rings. The normalized spacial score (nSPS) is 18.1. The van der Waals surface area contributed by atoms with E-state index >= 15 is 0 Å². The third-order valence-electron chi connectivity index (χ3n) is 2.16. The molecule has 46 valence electrons. The molecule has 1 rings (SSSR count). The highest BCUT2D eigenvalue weighted by molar-refractivity contribution is 5.28. The summed E-state index contributed by atoms with van der Waals surface area (Å²) in [6, 6.07) is 0. The highest BCUT2D eigenvalue weighted by atomic mass is 14.3. The van der Waals surface area contributed by atoms with Crippen LogP contribution in [0.25, 0.3) is 0 Å². The van der Waals surface area contributed by atoms with Gasteiger partial charge in [0.05, 0.1) is 0 Å². The quantitative estimate of drug-likeness (QED) is 0.479. The van der Waals surface area contributed by atoms with E-state index in [1.165, 1.54) is 12.8 Å². The molecule has 0 aromatic rings.